The highest BCUT2D eigenvalue weighted by atomic mass is 32.2. The lowest BCUT2D eigenvalue weighted by molar-refractivity contribution is -0.120. The first-order chi connectivity index (χ1) is 13.1. The van der Waals surface area contributed by atoms with E-state index in [4.69, 9.17) is 5.21 Å². The first-order valence-corrected chi connectivity index (χ1v) is 11.3. The maximum atomic E-state index is 12.6. The fourth-order valence-electron chi connectivity index (χ4n) is 3.77. The van der Waals surface area contributed by atoms with Crippen LogP contribution >= 0.6 is 0 Å². The second-order valence-corrected chi connectivity index (χ2v) is 11.2. The van der Waals surface area contributed by atoms with E-state index in [-0.39, 0.29) is 17.9 Å². The summed E-state index contributed by atoms with van der Waals surface area (Å²) in [6, 6.07) is 5.54. The molecule has 1 aromatic carbocycles. The second-order valence-electron chi connectivity index (χ2n) is 8.69. The van der Waals surface area contributed by atoms with E-state index >= 15 is 0 Å². The van der Waals surface area contributed by atoms with Crippen LogP contribution in [0.15, 0.2) is 23.4 Å². The lowest BCUT2D eigenvalue weighted by Crippen LogP contribution is -2.46. The van der Waals surface area contributed by atoms with Crippen molar-refractivity contribution in [3.8, 4) is 0 Å². The number of carbonyl (C=O) groups is 1. The van der Waals surface area contributed by atoms with Gasteiger partial charge in [0.25, 0.3) is 0 Å². The second kappa shape index (κ2) is 7.83. The van der Waals surface area contributed by atoms with Crippen LogP contribution in [0.4, 0.5) is 5.69 Å². The Morgan fingerprint density at radius 2 is 1.82 bits per heavy atom. The molecular weight excluding hydrogens is 378 g/mol. The molecule has 0 unspecified atom stereocenters. The van der Waals surface area contributed by atoms with Crippen molar-refractivity contribution in [3.05, 3.63) is 29.3 Å². The molecule has 0 heterocycles. The zero-order valence-corrected chi connectivity index (χ0v) is 17.5. The molecule has 0 spiro atoms. The maximum Gasteiger partial charge on any atom is 0.227 e. The highest BCUT2D eigenvalue weighted by molar-refractivity contribution is 7.90. The van der Waals surface area contributed by atoms with Crippen LogP contribution in [0.5, 0.6) is 0 Å². The Kier molecular flexibility index (Phi) is 5.82. The minimum Gasteiger partial charge on any atom is -0.411 e. The SMILES string of the molecule is CC(C)(C)S(=O)(=O)NC1CCC(C(=O)Nc2ccc3c(c2)CC/C3=N\O)CC1. The first-order valence-electron chi connectivity index (χ1n) is 9.77. The number of nitrogens with one attached hydrogen (secondary N) is 2. The number of amides is 1. The van der Waals surface area contributed by atoms with E-state index in [2.05, 4.69) is 15.2 Å². The molecule has 154 valence electrons. The third-order valence-corrected chi connectivity index (χ3v) is 7.92. The van der Waals surface area contributed by atoms with Crippen LogP contribution in [-0.4, -0.2) is 36.0 Å². The summed E-state index contributed by atoms with van der Waals surface area (Å²) >= 11 is 0. The van der Waals surface area contributed by atoms with Gasteiger partial charge in [-0.3, -0.25) is 4.79 Å². The smallest absolute Gasteiger partial charge is 0.227 e. The van der Waals surface area contributed by atoms with Crippen molar-refractivity contribution in [2.24, 2.45) is 11.1 Å². The zero-order chi connectivity index (χ0) is 20.5. The Bertz CT molecular complexity index is 879. The van der Waals surface area contributed by atoms with Gasteiger partial charge in [0.05, 0.1) is 10.5 Å². The van der Waals surface area contributed by atoms with Gasteiger partial charge in [0.15, 0.2) is 0 Å². The van der Waals surface area contributed by atoms with Crippen LogP contribution < -0.4 is 10.0 Å². The lowest BCUT2D eigenvalue weighted by Gasteiger charge is -2.30. The molecule has 3 rings (SSSR count). The van der Waals surface area contributed by atoms with Gasteiger partial charge in [-0.05, 0) is 77.0 Å². The van der Waals surface area contributed by atoms with Crippen LogP contribution in [0.3, 0.4) is 0 Å². The maximum absolute atomic E-state index is 12.6. The van der Waals surface area contributed by atoms with Crippen molar-refractivity contribution in [3.63, 3.8) is 0 Å². The molecule has 1 saturated carbocycles. The van der Waals surface area contributed by atoms with Gasteiger partial charge in [0.1, 0.15) is 0 Å². The van der Waals surface area contributed by atoms with E-state index < -0.39 is 14.8 Å². The average Bonchev–Trinajstić information content (AvgIpc) is 3.03. The van der Waals surface area contributed by atoms with Crippen LogP contribution in [0.1, 0.15) is 64.0 Å². The average molecular weight is 408 g/mol. The van der Waals surface area contributed by atoms with E-state index in [1.54, 1.807) is 20.8 Å². The van der Waals surface area contributed by atoms with Crippen LogP contribution in [0.2, 0.25) is 0 Å². The number of aryl methyl sites for hydroxylation is 1. The highest BCUT2D eigenvalue weighted by Crippen LogP contribution is 2.29. The number of anilines is 1. The molecular formula is C20H29N3O4S. The van der Waals surface area contributed by atoms with Crippen molar-refractivity contribution in [2.45, 2.75) is 70.1 Å². The van der Waals surface area contributed by atoms with Crippen molar-refractivity contribution < 1.29 is 18.4 Å². The molecule has 0 aromatic heterocycles. The molecule has 2 aliphatic rings. The summed E-state index contributed by atoms with van der Waals surface area (Å²) in [6.07, 6.45) is 4.15. The van der Waals surface area contributed by atoms with Crippen molar-refractivity contribution in [1.82, 2.24) is 4.72 Å². The number of hydrogen-bond acceptors (Lipinski definition) is 5. The molecule has 1 fully saturated rings. The third-order valence-electron chi connectivity index (χ3n) is 5.66. The molecule has 7 nitrogen and oxygen atoms in total. The Morgan fingerprint density at radius 3 is 2.43 bits per heavy atom. The Balaban J connectivity index is 1.55. The van der Waals surface area contributed by atoms with E-state index in [0.717, 1.165) is 23.2 Å². The number of sulfonamides is 1. The van der Waals surface area contributed by atoms with Gasteiger partial charge in [0, 0.05) is 23.2 Å². The molecule has 1 amide bonds. The summed E-state index contributed by atoms with van der Waals surface area (Å²) in [5.41, 5.74) is 3.44. The van der Waals surface area contributed by atoms with Gasteiger partial charge in [-0.2, -0.15) is 0 Å². The summed E-state index contributed by atoms with van der Waals surface area (Å²) in [4.78, 5) is 12.6. The van der Waals surface area contributed by atoms with Crippen LogP contribution in [-0.2, 0) is 21.2 Å². The lowest BCUT2D eigenvalue weighted by atomic mass is 9.86. The van der Waals surface area contributed by atoms with Crippen molar-refractivity contribution >= 4 is 27.3 Å². The predicted molar refractivity (Wildman–Crippen MR) is 109 cm³/mol. The molecule has 0 radical (unpaired) electrons. The van der Waals surface area contributed by atoms with E-state index in [1.165, 1.54) is 0 Å². The molecule has 8 heteroatoms. The van der Waals surface area contributed by atoms with Gasteiger partial charge >= 0.3 is 0 Å². The fourth-order valence-corrected chi connectivity index (χ4v) is 4.79. The Labute approximate surface area is 166 Å². The summed E-state index contributed by atoms with van der Waals surface area (Å²) < 4.78 is 26.6. The van der Waals surface area contributed by atoms with Gasteiger partial charge in [0.2, 0.25) is 15.9 Å². The normalized spacial score (nSPS) is 24.2. The number of rotatable bonds is 4. The molecule has 2 aliphatic carbocycles. The van der Waals surface area contributed by atoms with E-state index in [1.807, 2.05) is 18.2 Å². The topological polar surface area (TPSA) is 108 Å². The summed E-state index contributed by atoms with van der Waals surface area (Å²) in [6.45, 7) is 5.04. The molecule has 3 N–H and O–H groups in total. The van der Waals surface area contributed by atoms with Crippen LogP contribution in [0, 0.1) is 5.92 Å². The molecule has 1 aromatic rings. The van der Waals surface area contributed by atoms with Gasteiger partial charge < -0.3 is 10.5 Å². The number of fused-ring (bicyclic) bond motifs is 1. The molecule has 0 aliphatic heterocycles. The molecule has 0 atom stereocenters. The summed E-state index contributed by atoms with van der Waals surface area (Å²) in [7, 11) is -3.37. The van der Waals surface area contributed by atoms with Crippen LogP contribution in [0.25, 0.3) is 0 Å². The van der Waals surface area contributed by atoms with E-state index in [0.29, 0.717) is 37.8 Å². The van der Waals surface area contributed by atoms with Crippen molar-refractivity contribution in [2.75, 3.05) is 5.32 Å². The fraction of sp³-hybridized carbons (Fsp3) is 0.600. The predicted octanol–water partition coefficient (Wildman–Crippen LogP) is 3.03. The molecule has 28 heavy (non-hydrogen) atoms. The number of oxime groups is 1. The highest BCUT2D eigenvalue weighted by Gasteiger charge is 2.34. The summed E-state index contributed by atoms with van der Waals surface area (Å²) in [5.74, 6) is -0.135. The minimum absolute atomic E-state index is 0.0221. The third kappa shape index (κ3) is 4.38. The number of benzene rings is 1. The van der Waals surface area contributed by atoms with Crippen molar-refractivity contribution in [1.29, 1.82) is 0 Å². The Hall–Kier alpha value is -1.93. The summed E-state index contributed by atoms with van der Waals surface area (Å²) in [5, 5.41) is 15.3. The zero-order valence-electron chi connectivity index (χ0n) is 16.7. The first kappa shape index (κ1) is 20.8. The van der Waals surface area contributed by atoms with Gasteiger partial charge in [-0.25, -0.2) is 13.1 Å². The quantitative estimate of drug-likeness (QED) is 0.527. The monoisotopic (exact) mass is 407 g/mol. The number of nitrogens with zero attached hydrogens (tertiary/aromatic N) is 1. The van der Waals surface area contributed by atoms with E-state index in [9.17, 15) is 13.2 Å². The van der Waals surface area contributed by atoms with Gasteiger partial charge in [-0.15, -0.1) is 0 Å². The Morgan fingerprint density at radius 1 is 1.14 bits per heavy atom. The standard InChI is InChI=1S/C20H29N3O4S/c1-20(2,3)28(26,27)23-15-7-4-13(5-8-15)19(24)21-16-9-10-17-14(12-16)6-11-18(17)22-25/h9-10,12-13,15,23,25H,4-8,11H2,1-3H3,(H,21,24)/b22-18+. The molecule has 0 saturated heterocycles. The largest absolute Gasteiger partial charge is 0.411 e. The number of hydrogen-bond donors (Lipinski definition) is 3. The number of carbonyl (C=O) groups excluding carboxylic acids is 1. The minimum atomic E-state index is -3.37. The van der Waals surface area contributed by atoms with Gasteiger partial charge in [-0.1, -0.05) is 11.2 Å². The molecule has 0 bridgehead atoms.